The van der Waals surface area contributed by atoms with Crippen molar-refractivity contribution in [3.8, 4) is 22.7 Å². The number of unbranched alkanes of at least 4 members (excludes halogenated alkanes) is 10. The number of benzene rings is 2. The number of hydrogen-bond acceptors (Lipinski definition) is 2. The monoisotopic (exact) mass is 506 g/mol. The Morgan fingerprint density at radius 2 is 1.39 bits per heavy atom. The molecule has 3 nitrogen and oxygen atoms in total. The summed E-state index contributed by atoms with van der Waals surface area (Å²) in [5.41, 5.74) is 4.29. The highest BCUT2D eigenvalue weighted by Crippen LogP contribution is 2.27. The first-order valence-electron chi connectivity index (χ1n) is 13.9. The van der Waals surface area contributed by atoms with Crippen LogP contribution in [-0.2, 0) is 6.42 Å². The molecule has 0 radical (unpaired) electrons. The molecule has 0 aliphatic heterocycles. The van der Waals surface area contributed by atoms with Gasteiger partial charge in [-0.15, -0.1) is 0 Å². The van der Waals surface area contributed by atoms with E-state index in [1.165, 1.54) is 70.6 Å². The molecule has 0 fully saturated rings. The normalized spacial score (nSPS) is 11.4. The van der Waals surface area contributed by atoms with Crippen molar-refractivity contribution >= 4 is 11.6 Å². The van der Waals surface area contributed by atoms with Crippen LogP contribution in [0.25, 0.3) is 16.9 Å². The van der Waals surface area contributed by atoms with Crippen LogP contribution in [-0.4, -0.2) is 16.9 Å². The molecule has 0 unspecified atom stereocenters. The molecule has 1 heterocycles. The average molecular weight is 507 g/mol. The van der Waals surface area contributed by atoms with E-state index in [1.54, 1.807) is 7.11 Å². The van der Waals surface area contributed by atoms with Gasteiger partial charge in [-0.3, -0.25) is 0 Å². The average Bonchev–Trinajstić information content (AvgIpc) is 3.33. The van der Waals surface area contributed by atoms with E-state index in [4.69, 9.17) is 21.4 Å². The van der Waals surface area contributed by atoms with Gasteiger partial charge >= 0.3 is 0 Å². The van der Waals surface area contributed by atoms with Crippen LogP contribution in [0.3, 0.4) is 0 Å². The van der Waals surface area contributed by atoms with Gasteiger partial charge in [-0.2, -0.15) is 5.10 Å². The van der Waals surface area contributed by atoms with Crippen molar-refractivity contribution in [1.29, 1.82) is 0 Å². The van der Waals surface area contributed by atoms with Crippen molar-refractivity contribution in [3.05, 3.63) is 77.5 Å². The molecule has 1 aromatic heterocycles. The van der Waals surface area contributed by atoms with E-state index in [9.17, 15) is 0 Å². The van der Waals surface area contributed by atoms with Gasteiger partial charge in [-0.25, -0.2) is 4.68 Å². The van der Waals surface area contributed by atoms with E-state index in [0.29, 0.717) is 0 Å². The Labute approximate surface area is 223 Å². The summed E-state index contributed by atoms with van der Waals surface area (Å²) in [6.45, 7) is 2.28. The highest BCUT2D eigenvalue weighted by atomic mass is 35.5. The lowest BCUT2D eigenvalue weighted by molar-refractivity contribution is 0.414. The number of rotatable bonds is 17. The summed E-state index contributed by atoms with van der Waals surface area (Å²) in [6, 6.07) is 18.2. The van der Waals surface area contributed by atoms with Gasteiger partial charge in [-0.05, 0) is 68.1 Å². The Balaban J connectivity index is 1.46. The predicted molar refractivity (Wildman–Crippen MR) is 154 cm³/mol. The summed E-state index contributed by atoms with van der Waals surface area (Å²) in [6.07, 6.45) is 21.7. The van der Waals surface area contributed by atoms with Crippen LogP contribution in [0.1, 0.15) is 89.7 Å². The fourth-order valence-electron chi connectivity index (χ4n) is 4.52. The number of allylic oxidation sites excluding steroid dienone is 2. The Bertz CT molecular complexity index is 1020. The number of halogens is 1. The number of aromatic nitrogens is 2. The molecule has 0 aliphatic rings. The van der Waals surface area contributed by atoms with Crippen LogP contribution < -0.4 is 4.74 Å². The van der Waals surface area contributed by atoms with Gasteiger partial charge in [-0.1, -0.05) is 101 Å². The SMILES string of the molecule is CCCCCCCCCCCCC=CCCc1cc(-c2ccc(Cl)cc2)n(-c2ccc(OC)cc2)n1. The van der Waals surface area contributed by atoms with E-state index in [-0.39, 0.29) is 0 Å². The van der Waals surface area contributed by atoms with Gasteiger partial charge in [0.2, 0.25) is 0 Å². The fourth-order valence-corrected chi connectivity index (χ4v) is 4.64. The molecule has 3 aromatic rings. The quantitative estimate of drug-likeness (QED) is 0.134. The second-order valence-corrected chi connectivity index (χ2v) is 10.1. The molecule has 4 heteroatoms. The second kappa shape index (κ2) is 16.3. The molecule has 0 amide bonds. The largest absolute Gasteiger partial charge is 0.497 e. The van der Waals surface area contributed by atoms with Crippen molar-refractivity contribution in [2.75, 3.05) is 7.11 Å². The van der Waals surface area contributed by atoms with Crippen molar-refractivity contribution in [1.82, 2.24) is 9.78 Å². The maximum Gasteiger partial charge on any atom is 0.119 e. The van der Waals surface area contributed by atoms with Crippen molar-refractivity contribution in [2.45, 2.75) is 90.4 Å². The van der Waals surface area contributed by atoms with Gasteiger partial charge < -0.3 is 4.74 Å². The molecule has 36 heavy (non-hydrogen) atoms. The number of aryl methyl sites for hydroxylation is 1. The number of methoxy groups -OCH3 is 1. The van der Waals surface area contributed by atoms with Gasteiger partial charge in [0, 0.05) is 10.6 Å². The van der Waals surface area contributed by atoms with Crippen LogP contribution in [0.2, 0.25) is 5.02 Å². The molecule has 0 atom stereocenters. The molecule has 0 aliphatic carbocycles. The number of nitrogens with zero attached hydrogens (tertiary/aromatic N) is 2. The topological polar surface area (TPSA) is 27.1 Å². The van der Waals surface area contributed by atoms with E-state index in [1.807, 2.05) is 41.1 Å². The molecule has 194 valence electrons. The summed E-state index contributed by atoms with van der Waals surface area (Å²) >= 11 is 6.12. The summed E-state index contributed by atoms with van der Waals surface area (Å²) in [5, 5.41) is 5.68. The van der Waals surface area contributed by atoms with Crippen LogP contribution in [0.4, 0.5) is 0 Å². The first-order valence-corrected chi connectivity index (χ1v) is 14.2. The van der Waals surface area contributed by atoms with Gasteiger partial charge in [0.1, 0.15) is 5.75 Å². The third-order valence-electron chi connectivity index (χ3n) is 6.68. The minimum absolute atomic E-state index is 0.738. The molecule has 0 N–H and O–H groups in total. The zero-order valence-corrected chi connectivity index (χ0v) is 23.0. The summed E-state index contributed by atoms with van der Waals surface area (Å²) < 4.78 is 7.34. The minimum atomic E-state index is 0.738. The summed E-state index contributed by atoms with van der Waals surface area (Å²) in [4.78, 5) is 0. The summed E-state index contributed by atoms with van der Waals surface area (Å²) in [5.74, 6) is 0.840. The van der Waals surface area contributed by atoms with Crippen molar-refractivity contribution in [2.24, 2.45) is 0 Å². The molecule has 3 rings (SSSR count). The smallest absolute Gasteiger partial charge is 0.119 e. The number of hydrogen-bond donors (Lipinski definition) is 0. The molecular formula is C32H43ClN2O. The first kappa shape index (κ1) is 28.1. The van der Waals surface area contributed by atoms with Crippen molar-refractivity contribution < 1.29 is 4.74 Å². The molecule has 0 saturated heterocycles. The lowest BCUT2D eigenvalue weighted by atomic mass is 10.1. The Morgan fingerprint density at radius 3 is 2.03 bits per heavy atom. The third kappa shape index (κ3) is 9.50. The van der Waals surface area contributed by atoms with E-state index < -0.39 is 0 Å². The van der Waals surface area contributed by atoms with E-state index in [2.05, 4.69) is 37.3 Å². The Morgan fingerprint density at radius 1 is 0.778 bits per heavy atom. The van der Waals surface area contributed by atoms with E-state index >= 15 is 0 Å². The third-order valence-corrected chi connectivity index (χ3v) is 6.93. The zero-order chi connectivity index (χ0) is 25.4. The highest BCUT2D eigenvalue weighted by molar-refractivity contribution is 6.30. The van der Waals surface area contributed by atoms with Crippen LogP contribution >= 0.6 is 11.6 Å². The second-order valence-electron chi connectivity index (χ2n) is 9.62. The van der Waals surface area contributed by atoms with Gasteiger partial charge in [0.05, 0.1) is 24.2 Å². The molecule has 2 aromatic carbocycles. The molecular weight excluding hydrogens is 464 g/mol. The minimum Gasteiger partial charge on any atom is -0.497 e. The summed E-state index contributed by atoms with van der Waals surface area (Å²) in [7, 11) is 1.68. The Hall–Kier alpha value is -2.52. The zero-order valence-electron chi connectivity index (χ0n) is 22.2. The predicted octanol–water partition coefficient (Wildman–Crippen LogP) is 10.0. The highest BCUT2D eigenvalue weighted by Gasteiger charge is 2.12. The molecule has 0 saturated carbocycles. The van der Waals surface area contributed by atoms with Gasteiger partial charge in [0.15, 0.2) is 0 Å². The Kier molecular flexibility index (Phi) is 12.7. The molecule has 0 spiro atoms. The van der Waals surface area contributed by atoms with Gasteiger partial charge in [0.25, 0.3) is 0 Å². The standard InChI is InChI=1S/C32H43ClN2O/c1-3-4-5-6-7-8-9-10-11-12-13-14-15-16-17-29-26-32(27-18-20-28(33)21-19-27)35(34-29)30-22-24-31(36-2)25-23-30/h14-15,18-26H,3-13,16-17H2,1-2H3. The number of ether oxygens (including phenoxy) is 1. The lowest BCUT2D eigenvalue weighted by Gasteiger charge is -2.08. The lowest BCUT2D eigenvalue weighted by Crippen LogP contribution is -2.00. The van der Waals surface area contributed by atoms with Crippen molar-refractivity contribution in [3.63, 3.8) is 0 Å². The maximum atomic E-state index is 6.12. The van der Waals surface area contributed by atoms with Crippen LogP contribution in [0.15, 0.2) is 66.7 Å². The van der Waals surface area contributed by atoms with Crippen LogP contribution in [0, 0.1) is 0 Å². The van der Waals surface area contributed by atoms with Crippen LogP contribution in [0.5, 0.6) is 5.75 Å². The maximum absolute atomic E-state index is 6.12. The van der Waals surface area contributed by atoms with E-state index in [0.717, 1.165) is 46.3 Å². The first-order chi connectivity index (χ1) is 17.7. The molecule has 0 bridgehead atoms. The fraction of sp³-hybridized carbons (Fsp3) is 0.469.